The third-order valence-corrected chi connectivity index (χ3v) is 27.1. The molecule has 0 aliphatic carbocycles. The summed E-state index contributed by atoms with van der Waals surface area (Å²) in [5.41, 5.74) is 3.72. The molecule has 10 heteroatoms. The van der Waals surface area contributed by atoms with Crippen LogP contribution in [0.25, 0.3) is 174 Å². The lowest BCUT2D eigenvalue weighted by Gasteiger charge is -2.22. The zero-order valence-corrected chi connectivity index (χ0v) is 55.9. The fraction of sp³-hybridized carbons (Fsp3) is 0. The highest BCUT2D eigenvalue weighted by Gasteiger charge is 2.40. The molecule has 0 aliphatic rings. The Morgan fingerprint density at radius 2 is 0.441 bits per heavy atom. The van der Waals surface area contributed by atoms with E-state index in [4.69, 9.17) is 17.7 Å². The van der Waals surface area contributed by atoms with Crippen LogP contribution in [0.1, 0.15) is 0 Å². The minimum atomic E-state index is -3.97. The van der Waals surface area contributed by atoms with E-state index in [0.29, 0.717) is 70.4 Å². The highest BCUT2D eigenvalue weighted by molar-refractivity contribution is 7.86. The summed E-state index contributed by atoms with van der Waals surface area (Å²) < 4.78 is 92.9. The van der Waals surface area contributed by atoms with Crippen LogP contribution in [0.3, 0.4) is 0 Å². The molecule has 22 aromatic rings. The van der Waals surface area contributed by atoms with Crippen molar-refractivity contribution >= 4 is 220 Å². The van der Waals surface area contributed by atoms with Crippen LogP contribution in [0, 0.1) is 11.6 Å². The molecule has 18 aromatic carbocycles. The Morgan fingerprint density at radius 3 is 0.755 bits per heavy atom. The lowest BCUT2D eigenvalue weighted by molar-refractivity contribution is 0.582. The molecule has 480 valence electrons. The normalized spacial score (nSPS) is 12.5. The van der Waals surface area contributed by atoms with Crippen LogP contribution in [-0.2, 0) is 9.13 Å². The van der Waals surface area contributed by atoms with E-state index < -0.39 is 25.9 Å². The molecular formula is C92H52F2O6P2. The topological polar surface area (TPSA) is 86.7 Å². The Labute approximate surface area is 579 Å². The van der Waals surface area contributed by atoms with E-state index in [9.17, 15) is 0 Å². The number of rotatable bonds is 6. The molecule has 0 fully saturated rings. The minimum Gasteiger partial charge on any atom is -0.455 e. The average molecular weight is 1350 g/mol. The van der Waals surface area contributed by atoms with E-state index in [1.165, 1.54) is 12.1 Å². The van der Waals surface area contributed by atoms with Crippen molar-refractivity contribution in [2.75, 3.05) is 0 Å². The van der Waals surface area contributed by atoms with Crippen molar-refractivity contribution in [2.45, 2.75) is 0 Å². The maximum Gasteiger partial charge on any atom is 0.178 e. The highest BCUT2D eigenvalue weighted by Crippen LogP contribution is 2.55. The Bertz CT molecular complexity index is 7090. The quantitative estimate of drug-likeness (QED) is 0.154. The summed E-state index contributed by atoms with van der Waals surface area (Å²) in [5, 5.41) is 25.2. The molecule has 0 radical (unpaired) electrons. The van der Waals surface area contributed by atoms with Crippen LogP contribution >= 0.6 is 14.3 Å². The molecule has 0 amide bonds. The average Bonchev–Trinajstić information content (AvgIpc) is 1.46. The maximum absolute atomic E-state index is 16.9. The third-order valence-electron chi connectivity index (χ3n) is 21.0. The summed E-state index contributed by atoms with van der Waals surface area (Å²) in [6.45, 7) is 0. The second kappa shape index (κ2) is 22.0. The number of hydrogen-bond acceptors (Lipinski definition) is 6. The monoisotopic (exact) mass is 1350 g/mol. The fourth-order valence-electron chi connectivity index (χ4n) is 16.4. The van der Waals surface area contributed by atoms with E-state index in [0.717, 1.165) is 124 Å². The van der Waals surface area contributed by atoms with E-state index in [1.54, 1.807) is 0 Å². The minimum absolute atomic E-state index is 0.104. The van der Waals surface area contributed by atoms with Crippen molar-refractivity contribution in [3.8, 4) is 0 Å². The van der Waals surface area contributed by atoms with Crippen molar-refractivity contribution in [3.05, 3.63) is 327 Å². The van der Waals surface area contributed by atoms with Gasteiger partial charge in [-0.05, 0) is 147 Å². The lowest BCUT2D eigenvalue weighted by Crippen LogP contribution is -2.26. The summed E-state index contributed by atoms with van der Waals surface area (Å²) in [6.07, 6.45) is 0. The second-order valence-electron chi connectivity index (χ2n) is 26.5. The van der Waals surface area contributed by atoms with Crippen LogP contribution < -0.4 is 31.8 Å². The van der Waals surface area contributed by atoms with Crippen LogP contribution in [-0.4, -0.2) is 0 Å². The van der Waals surface area contributed by atoms with Crippen molar-refractivity contribution < 1.29 is 35.6 Å². The van der Waals surface area contributed by atoms with Crippen molar-refractivity contribution in [2.24, 2.45) is 0 Å². The van der Waals surface area contributed by atoms with Crippen molar-refractivity contribution in [3.63, 3.8) is 0 Å². The van der Waals surface area contributed by atoms with Gasteiger partial charge in [0, 0.05) is 53.7 Å². The van der Waals surface area contributed by atoms with E-state index >= 15 is 17.9 Å². The number of furan rings is 4. The SMILES string of the molecule is O=P(c1ccccc1)(c1cc2ccccc2c2c1oc1c(F)cc3ccccc3c12)c1cc2ccccc2c2c1oc1c(F)cc3ccccc3c12.O=P(c1ccccc1)(c1cc2ccccc2c2c1oc1cc3ccccc3cc12)c1cc2ccccc2c2c1oc1cc3ccccc3cc12. The first-order chi connectivity index (χ1) is 50.1. The molecule has 0 spiro atoms. The molecule has 4 aromatic heterocycles. The number of halogens is 2. The fourth-order valence-corrected chi connectivity index (χ4v) is 22.3. The van der Waals surface area contributed by atoms with Crippen molar-refractivity contribution in [1.29, 1.82) is 0 Å². The zero-order valence-electron chi connectivity index (χ0n) is 54.1. The smallest absolute Gasteiger partial charge is 0.178 e. The first-order valence-corrected chi connectivity index (χ1v) is 37.3. The van der Waals surface area contributed by atoms with Gasteiger partial charge in [-0.2, -0.15) is 0 Å². The molecule has 0 atom stereocenters. The van der Waals surface area contributed by atoms with E-state index in [1.807, 2.05) is 194 Å². The van der Waals surface area contributed by atoms with Gasteiger partial charge in [-0.1, -0.05) is 255 Å². The van der Waals surface area contributed by atoms with Gasteiger partial charge in [0.1, 0.15) is 33.5 Å². The Morgan fingerprint density at radius 1 is 0.206 bits per heavy atom. The van der Waals surface area contributed by atoms with E-state index in [2.05, 4.69) is 109 Å². The summed E-state index contributed by atoms with van der Waals surface area (Å²) in [7, 11) is -7.65. The Hall–Kier alpha value is -12.4. The molecule has 0 unspecified atom stereocenters. The molecule has 6 nitrogen and oxygen atoms in total. The van der Waals surface area contributed by atoms with Gasteiger partial charge in [-0.3, -0.25) is 0 Å². The molecular weight excluding hydrogens is 1300 g/mol. The van der Waals surface area contributed by atoms with Crippen LogP contribution in [0.5, 0.6) is 0 Å². The van der Waals surface area contributed by atoms with E-state index in [-0.39, 0.29) is 11.2 Å². The Balaban J connectivity index is 0.000000133. The molecule has 0 aliphatic heterocycles. The van der Waals surface area contributed by atoms with Crippen LogP contribution in [0.2, 0.25) is 0 Å². The van der Waals surface area contributed by atoms with Crippen LogP contribution in [0.15, 0.2) is 333 Å². The van der Waals surface area contributed by atoms with Crippen molar-refractivity contribution in [1.82, 2.24) is 0 Å². The third kappa shape index (κ3) is 8.39. The predicted octanol–water partition coefficient (Wildman–Crippen LogP) is 23.8. The summed E-state index contributed by atoms with van der Waals surface area (Å²) in [4.78, 5) is 0. The molecule has 22 rings (SSSR count). The molecule has 0 bridgehead atoms. The zero-order chi connectivity index (χ0) is 67.7. The lowest BCUT2D eigenvalue weighted by atomic mass is 9.99. The van der Waals surface area contributed by atoms with Gasteiger partial charge >= 0.3 is 0 Å². The van der Waals surface area contributed by atoms with Gasteiger partial charge in [0.25, 0.3) is 0 Å². The summed E-state index contributed by atoms with van der Waals surface area (Å²) >= 11 is 0. The highest BCUT2D eigenvalue weighted by atomic mass is 31.2. The van der Waals surface area contributed by atoms with Gasteiger partial charge in [0.15, 0.2) is 37.1 Å². The molecule has 0 saturated carbocycles. The molecule has 0 N–H and O–H groups in total. The standard InChI is InChI=1S/C46H25F2O3P.C46H27O3P/c47-35-22-26-12-4-8-18-31(26)39-41-33-20-10-6-14-28(33)24-37(45(41)50-43(35)39)52(49,30-16-2-1-3-17-30)38-25-29-15-7-11-21-34(29)42-40-32-19-9-5-13-27(32)23-36(48)44(40)51-46(38)42;47-50(34-18-2-1-3-19-34,41-26-32-16-8-10-20-35(32)43-37-22-28-12-4-6-14-30(28)24-39(37)48-45(41)43)42-27-33-17-9-11-21-36(33)44-38-23-29-13-5-7-15-31(29)25-40(38)49-46(42)44/h1-25H;1-27H. The summed E-state index contributed by atoms with van der Waals surface area (Å²) in [6, 6.07) is 103. The van der Waals surface area contributed by atoms with Gasteiger partial charge in [-0.25, -0.2) is 8.78 Å². The van der Waals surface area contributed by atoms with Gasteiger partial charge < -0.3 is 26.8 Å². The largest absolute Gasteiger partial charge is 0.455 e. The maximum atomic E-state index is 16.9. The van der Waals surface area contributed by atoms with Gasteiger partial charge in [0.2, 0.25) is 0 Å². The Kier molecular flexibility index (Phi) is 12.6. The van der Waals surface area contributed by atoms with Gasteiger partial charge in [0.05, 0.1) is 21.2 Å². The second-order valence-corrected chi connectivity index (χ2v) is 31.9. The summed E-state index contributed by atoms with van der Waals surface area (Å²) in [5.74, 6) is -0.996. The molecule has 4 heterocycles. The first-order valence-electron chi connectivity index (χ1n) is 33.9. The molecule has 0 saturated heterocycles. The number of benzene rings is 18. The predicted molar refractivity (Wildman–Crippen MR) is 421 cm³/mol. The molecule has 102 heavy (non-hydrogen) atoms. The van der Waals surface area contributed by atoms with Gasteiger partial charge in [-0.15, -0.1) is 0 Å². The first kappa shape index (κ1) is 58.5. The number of fused-ring (bicyclic) bond motifs is 26. The number of hydrogen-bond donors (Lipinski definition) is 0. The van der Waals surface area contributed by atoms with Crippen LogP contribution in [0.4, 0.5) is 8.78 Å².